The van der Waals surface area contributed by atoms with Gasteiger partial charge in [-0.2, -0.15) is 0 Å². The molecule has 21 heavy (non-hydrogen) atoms. The Hall–Kier alpha value is -1.91. The maximum Gasteiger partial charge on any atom is 0.293 e. The van der Waals surface area contributed by atoms with Crippen molar-refractivity contribution < 1.29 is 9.72 Å². The fourth-order valence-electron chi connectivity index (χ4n) is 3.65. The molecule has 0 radical (unpaired) electrons. The van der Waals surface area contributed by atoms with Gasteiger partial charge in [0.2, 0.25) is 5.91 Å². The number of rotatable bonds is 4. The van der Waals surface area contributed by atoms with Gasteiger partial charge in [-0.05, 0) is 24.3 Å². The van der Waals surface area contributed by atoms with Gasteiger partial charge in [0, 0.05) is 6.07 Å². The Labute approximate surface area is 123 Å². The van der Waals surface area contributed by atoms with Gasteiger partial charge >= 0.3 is 0 Å². The summed E-state index contributed by atoms with van der Waals surface area (Å²) >= 11 is 0. The maximum atomic E-state index is 12.1. The van der Waals surface area contributed by atoms with E-state index in [0.717, 1.165) is 18.4 Å². The normalized spacial score (nSPS) is 21.9. The number of carbonyl (C=O) groups is 1. The SMILES string of the molecule is O=C1Nc2c(cccc2[N+](=O)[O-])C1CCC1CCCCC1. The summed E-state index contributed by atoms with van der Waals surface area (Å²) in [5.74, 6) is 0.409. The molecule has 1 N–H and O–H groups in total. The lowest BCUT2D eigenvalue weighted by Crippen LogP contribution is -2.14. The first-order valence-electron chi connectivity index (χ1n) is 7.75. The Morgan fingerprint density at radius 3 is 2.67 bits per heavy atom. The smallest absolute Gasteiger partial charge is 0.293 e. The second-order valence-electron chi connectivity index (χ2n) is 6.12. The van der Waals surface area contributed by atoms with Crippen LogP contribution in [0.25, 0.3) is 0 Å². The van der Waals surface area contributed by atoms with Crippen molar-refractivity contribution >= 4 is 17.3 Å². The molecule has 1 aromatic carbocycles. The van der Waals surface area contributed by atoms with Crippen LogP contribution in [0.5, 0.6) is 0 Å². The van der Waals surface area contributed by atoms with Crippen LogP contribution in [0.4, 0.5) is 11.4 Å². The van der Waals surface area contributed by atoms with E-state index < -0.39 is 4.92 Å². The first-order valence-corrected chi connectivity index (χ1v) is 7.75. The molecule has 0 bridgehead atoms. The third-order valence-electron chi connectivity index (χ3n) is 4.80. The third-order valence-corrected chi connectivity index (χ3v) is 4.80. The van der Waals surface area contributed by atoms with E-state index >= 15 is 0 Å². The van der Waals surface area contributed by atoms with E-state index in [2.05, 4.69) is 5.32 Å². The zero-order chi connectivity index (χ0) is 14.8. The average Bonchev–Trinajstić information content (AvgIpc) is 2.81. The number of nitro groups is 1. The summed E-state index contributed by atoms with van der Waals surface area (Å²) in [5, 5.41) is 13.7. The fraction of sp³-hybridized carbons (Fsp3) is 0.562. The van der Waals surface area contributed by atoms with Crippen molar-refractivity contribution in [1.82, 2.24) is 0 Å². The molecule has 112 valence electrons. The van der Waals surface area contributed by atoms with E-state index in [1.807, 2.05) is 6.07 Å². The quantitative estimate of drug-likeness (QED) is 0.672. The molecule has 1 aliphatic heterocycles. The predicted octanol–water partition coefficient (Wildman–Crippen LogP) is 3.99. The van der Waals surface area contributed by atoms with Crippen molar-refractivity contribution in [2.75, 3.05) is 5.32 Å². The highest BCUT2D eigenvalue weighted by atomic mass is 16.6. The van der Waals surface area contributed by atoms with Gasteiger partial charge in [0.1, 0.15) is 5.69 Å². The highest BCUT2D eigenvalue weighted by Crippen LogP contribution is 2.42. The van der Waals surface area contributed by atoms with Crippen LogP contribution in [0.3, 0.4) is 0 Å². The minimum Gasteiger partial charge on any atom is -0.320 e. The lowest BCUT2D eigenvalue weighted by atomic mass is 9.83. The summed E-state index contributed by atoms with van der Waals surface area (Å²) in [4.78, 5) is 22.8. The summed E-state index contributed by atoms with van der Waals surface area (Å²) in [6.45, 7) is 0. The monoisotopic (exact) mass is 288 g/mol. The first kappa shape index (κ1) is 14.0. The summed E-state index contributed by atoms with van der Waals surface area (Å²) in [6.07, 6.45) is 8.28. The molecule has 5 nitrogen and oxygen atoms in total. The molecular weight excluding hydrogens is 268 g/mol. The number of para-hydroxylation sites is 1. The van der Waals surface area contributed by atoms with E-state index in [9.17, 15) is 14.9 Å². The van der Waals surface area contributed by atoms with Gasteiger partial charge in [0.05, 0.1) is 10.8 Å². The van der Waals surface area contributed by atoms with Gasteiger partial charge in [-0.15, -0.1) is 0 Å². The second kappa shape index (κ2) is 5.84. The molecule has 1 fully saturated rings. The molecule has 1 aliphatic carbocycles. The molecule has 3 rings (SSSR count). The Morgan fingerprint density at radius 1 is 1.19 bits per heavy atom. The van der Waals surface area contributed by atoms with Crippen LogP contribution in [0, 0.1) is 16.0 Å². The number of carbonyl (C=O) groups excluding carboxylic acids is 1. The van der Waals surface area contributed by atoms with Crippen molar-refractivity contribution in [3.8, 4) is 0 Å². The summed E-state index contributed by atoms with van der Waals surface area (Å²) in [6, 6.07) is 4.96. The summed E-state index contributed by atoms with van der Waals surface area (Å²) in [5.41, 5.74) is 1.20. The van der Waals surface area contributed by atoms with Gasteiger partial charge in [0.15, 0.2) is 0 Å². The molecule has 1 amide bonds. The van der Waals surface area contributed by atoms with Gasteiger partial charge in [-0.3, -0.25) is 14.9 Å². The van der Waals surface area contributed by atoms with Crippen molar-refractivity contribution in [3.63, 3.8) is 0 Å². The van der Waals surface area contributed by atoms with Crippen molar-refractivity contribution in [2.24, 2.45) is 5.92 Å². The van der Waals surface area contributed by atoms with E-state index in [1.54, 1.807) is 6.07 Å². The topological polar surface area (TPSA) is 72.2 Å². The second-order valence-corrected chi connectivity index (χ2v) is 6.12. The van der Waals surface area contributed by atoms with E-state index in [0.29, 0.717) is 11.6 Å². The molecule has 0 spiro atoms. The van der Waals surface area contributed by atoms with Crippen LogP contribution in [-0.2, 0) is 4.79 Å². The number of nitro benzene ring substituents is 1. The number of amides is 1. The van der Waals surface area contributed by atoms with Crippen molar-refractivity contribution in [2.45, 2.75) is 50.9 Å². The van der Waals surface area contributed by atoms with Crippen molar-refractivity contribution in [1.29, 1.82) is 0 Å². The van der Waals surface area contributed by atoms with Crippen LogP contribution in [-0.4, -0.2) is 10.8 Å². The lowest BCUT2D eigenvalue weighted by molar-refractivity contribution is -0.383. The number of nitrogens with zero attached hydrogens (tertiary/aromatic N) is 1. The Kier molecular flexibility index (Phi) is 3.90. The zero-order valence-electron chi connectivity index (χ0n) is 12.0. The summed E-state index contributed by atoms with van der Waals surface area (Å²) < 4.78 is 0. The Morgan fingerprint density at radius 2 is 1.95 bits per heavy atom. The Balaban J connectivity index is 1.74. The minimum absolute atomic E-state index is 0.000941. The number of anilines is 1. The van der Waals surface area contributed by atoms with Gasteiger partial charge in [0.25, 0.3) is 5.69 Å². The van der Waals surface area contributed by atoms with E-state index in [-0.39, 0.29) is 17.5 Å². The van der Waals surface area contributed by atoms with Crippen molar-refractivity contribution in [3.05, 3.63) is 33.9 Å². The molecule has 0 aromatic heterocycles. The number of fused-ring (bicyclic) bond motifs is 1. The highest BCUT2D eigenvalue weighted by molar-refractivity contribution is 6.05. The van der Waals surface area contributed by atoms with Crippen LogP contribution in [0.2, 0.25) is 0 Å². The van der Waals surface area contributed by atoms with E-state index in [4.69, 9.17) is 0 Å². The molecule has 1 heterocycles. The molecule has 2 aliphatic rings. The zero-order valence-corrected chi connectivity index (χ0v) is 12.0. The van der Waals surface area contributed by atoms with Gasteiger partial charge in [-0.1, -0.05) is 44.2 Å². The minimum atomic E-state index is -0.428. The van der Waals surface area contributed by atoms with Crippen LogP contribution in [0.1, 0.15) is 56.4 Å². The van der Waals surface area contributed by atoms with Gasteiger partial charge < -0.3 is 5.32 Å². The molecular formula is C16H20N2O3. The average molecular weight is 288 g/mol. The summed E-state index contributed by atoms with van der Waals surface area (Å²) in [7, 11) is 0. The number of hydrogen-bond acceptors (Lipinski definition) is 3. The fourth-order valence-corrected chi connectivity index (χ4v) is 3.65. The van der Waals surface area contributed by atoms with Crippen LogP contribution >= 0.6 is 0 Å². The van der Waals surface area contributed by atoms with Crippen LogP contribution < -0.4 is 5.32 Å². The molecule has 1 unspecified atom stereocenters. The highest BCUT2D eigenvalue weighted by Gasteiger charge is 2.35. The lowest BCUT2D eigenvalue weighted by Gasteiger charge is -2.22. The van der Waals surface area contributed by atoms with Gasteiger partial charge in [-0.25, -0.2) is 0 Å². The third kappa shape index (κ3) is 2.77. The molecule has 1 saturated carbocycles. The molecule has 0 saturated heterocycles. The number of hydrogen-bond donors (Lipinski definition) is 1. The number of nitrogens with one attached hydrogen (secondary N) is 1. The largest absolute Gasteiger partial charge is 0.320 e. The van der Waals surface area contributed by atoms with Crippen LogP contribution in [0.15, 0.2) is 18.2 Å². The predicted molar refractivity (Wildman–Crippen MR) is 80.3 cm³/mol. The Bertz CT molecular complexity index is 565. The molecule has 1 atom stereocenters. The molecule has 5 heteroatoms. The standard InChI is InChI=1S/C16H20N2O3/c19-16-13(10-9-11-5-2-1-3-6-11)12-7-4-8-14(18(20)21)15(12)17-16/h4,7-8,11,13H,1-3,5-6,9-10H2,(H,17,19). The maximum absolute atomic E-state index is 12.1. The molecule has 1 aromatic rings. The van der Waals surface area contributed by atoms with E-state index in [1.165, 1.54) is 38.2 Å². The first-order chi connectivity index (χ1) is 10.2. The number of benzene rings is 1.